The quantitative estimate of drug-likeness (QED) is 0.730. The molecule has 1 saturated carbocycles. The minimum Gasteiger partial charge on any atom is -0.488 e. The van der Waals surface area contributed by atoms with Gasteiger partial charge in [0.15, 0.2) is 0 Å². The number of nitrogens with zero attached hydrogens (tertiary/aromatic N) is 4. The molecular weight excluding hydrogens is 354 g/mol. The average Bonchev–Trinajstić information content (AvgIpc) is 3.30. The van der Waals surface area contributed by atoms with E-state index in [1.165, 1.54) is 0 Å². The molecule has 3 aromatic rings. The third kappa shape index (κ3) is 3.30. The molecule has 5 rings (SSSR count). The molecule has 2 aliphatic rings. The van der Waals surface area contributed by atoms with Gasteiger partial charge in [0.05, 0.1) is 17.3 Å². The molecule has 1 N–H and O–H groups in total. The summed E-state index contributed by atoms with van der Waals surface area (Å²) < 4.78 is 11.7. The Bertz CT molecular complexity index is 997. The van der Waals surface area contributed by atoms with Crippen LogP contribution >= 0.6 is 0 Å². The summed E-state index contributed by atoms with van der Waals surface area (Å²) in [5, 5.41) is 8.64. The fourth-order valence-electron chi connectivity index (χ4n) is 3.80. The molecule has 1 aliphatic carbocycles. The molecule has 2 aromatic heterocycles. The third-order valence-corrected chi connectivity index (χ3v) is 5.78. The Kier molecular flexibility index (Phi) is 4.19. The summed E-state index contributed by atoms with van der Waals surface area (Å²) in [5.41, 5.74) is 2.60. The second-order valence-electron chi connectivity index (χ2n) is 8.04. The van der Waals surface area contributed by atoms with E-state index in [0.29, 0.717) is 0 Å². The number of hydrogen-bond donors (Lipinski definition) is 1. The van der Waals surface area contributed by atoms with Gasteiger partial charge in [0.2, 0.25) is 0 Å². The van der Waals surface area contributed by atoms with Gasteiger partial charge in [-0.1, -0.05) is 0 Å². The molecule has 7 heteroatoms. The van der Waals surface area contributed by atoms with Gasteiger partial charge in [-0.2, -0.15) is 5.10 Å². The molecule has 1 saturated heterocycles. The fourth-order valence-corrected chi connectivity index (χ4v) is 3.80. The monoisotopic (exact) mass is 379 g/mol. The molecule has 146 valence electrons. The van der Waals surface area contributed by atoms with Crippen LogP contribution in [0.25, 0.3) is 22.3 Å². The first-order chi connectivity index (χ1) is 13.6. The van der Waals surface area contributed by atoms with Gasteiger partial charge in [0.25, 0.3) is 0 Å². The molecule has 7 nitrogen and oxygen atoms in total. The smallest absolute Gasteiger partial charge is 0.132 e. The summed E-state index contributed by atoms with van der Waals surface area (Å²) in [5.74, 6) is 1.80. The summed E-state index contributed by atoms with van der Waals surface area (Å²) in [6.45, 7) is 3.98. The minimum atomic E-state index is -0.00812. The van der Waals surface area contributed by atoms with Gasteiger partial charge in [0.1, 0.15) is 29.2 Å². The SMILES string of the molecule is COC1CCCN(c2cc(-c3n[nH]c4ccc(OC5(C)CC5)cc34)ncn2)C1. The summed E-state index contributed by atoms with van der Waals surface area (Å²) in [4.78, 5) is 11.2. The maximum Gasteiger partial charge on any atom is 0.132 e. The first-order valence-corrected chi connectivity index (χ1v) is 9.91. The van der Waals surface area contributed by atoms with E-state index in [2.05, 4.69) is 38.1 Å². The van der Waals surface area contributed by atoms with Crippen LogP contribution in [0.2, 0.25) is 0 Å². The molecule has 1 aromatic carbocycles. The van der Waals surface area contributed by atoms with E-state index in [1.54, 1.807) is 13.4 Å². The van der Waals surface area contributed by atoms with Crippen molar-refractivity contribution in [3.05, 3.63) is 30.6 Å². The second kappa shape index (κ2) is 6.74. The first kappa shape index (κ1) is 17.4. The maximum atomic E-state index is 6.13. The Hall–Kier alpha value is -2.67. The Morgan fingerprint density at radius 1 is 1.21 bits per heavy atom. The first-order valence-electron chi connectivity index (χ1n) is 9.91. The Morgan fingerprint density at radius 3 is 2.93 bits per heavy atom. The summed E-state index contributed by atoms with van der Waals surface area (Å²) >= 11 is 0. The van der Waals surface area contributed by atoms with E-state index in [-0.39, 0.29) is 11.7 Å². The van der Waals surface area contributed by atoms with Crippen molar-refractivity contribution in [1.82, 2.24) is 20.2 Å². The van der Waals surface area contributed by atoms with Gasteiger partial charge < -0.3 is 14.4 Å². The second-order valence-corrected chi connectivity index (χ2v) is 8.04. The highest BCUT2D eigenvalue weighted by molar-refractivity contribution is 5.93. The Balaban J connectivity index is 1.47. The van der Waals surface area contributed by atoms with Crippen LogP contribution in [-0.4, -0.2) is 52.1 Å². The number of piperidine rings is 1. The van der Waals surface area contributed by atoms with E-state index in [4.69, 9.17) is 9.47 Å². The van der Waals surface area contributed by atoms with Crippen LogP contribution in [-0.2, 0) is 4.74 Å². The van der Waals surface area contributed by atoms with E-state index < -0.39 is 0 Å². The number of methoxy groups -OCH3 is 1. The van der Waals surface area contributed by atoms with Crippen molar-refractivity contribution in [3.8, 4) is 17.1 Å². The zero-order chi connectivity index (χ0) is 19.1. The van der Waals surface area contributed by atoms with Crippen LogP contribution in [0.1, 0.15) is 32.6 Å². The van der Waals surface area contributed by atoms with Crippen LogP contribution in [0.15, 0.2) is 30.6 Å². The lowest BCUT2D eigenvalue weighted by atomic mass is 10.1. The van der Waals surface area contributed by atoms with Crippen molar-refractivity contribution < 1.29 is 9.47 Å². The van der Waals surface area contributed by atoms with Gasteiger partial charge in [-0.15, -0.1) is 0 Å². The molecule has 2 fully saturated rings. The highest BCUT2D eigenvalue weighted by Crippen LogP contribution is 2.40. The lowest BCUT2D eigenvalue weighted by molar-refractivity contribution is 0.0891. The van der Waals surface area contributed by atoms with Crippen molar-refractivity contribution in [3.63, 3.8) is 0 Å². The molecule has 0 radical (unpaired) electrons. The highest BCUT2D eigenvalue weighted by Gasteiger charge is 2.40. The van der Waals surface area contributed by atoms with E-state index >= 15 is 0 Å². The van der Waals surface area contributed by atoms with Crippen LogP contribution in [0, 0.1) is 0 Å². The summed E-state index contributed by atoms with van der Waals surface area (Å²) in [7, 11) is 1.77. The molecule has 0 bridgehead atoms. The molecule has 1 aliphatic heterocycles. The number of ether oxygens (including phenoxy) is 2. The van der Waals surface area contributed by atoms with Gasteiger partial charge >= 0.3 is 0 Å². The summed E-state index contributed by atoms with van der Waals surface area (Å²) in [6.07, 6.45) is 6.28. The van der Waals surface area contributed by atoms with Crippen LogP contribution in [0.5, 0.6) is 5.75 Å². The predicted molar refractivity (Wildman–Crippen MR) is 108 cm³/mol. The number of aromatic nitrogens is 4. The van der Waals surface area contributed by atoms with Crippen molar-refractivity contribution >= 4 is 16.7 Å². The fraction of sp³-hybridized carbons (Fsp3) is 0.476. The van der Waals surface area contributed by atoms with Gasteiger partial charge in [-0.3, -0.25) is 5.10 Å². The number of aromatic amines is 1. The maximum absolute atomic E-state index is 6.13. The van der Waals surface area contributed by atoms with E-state index in [9.17, 15) is 0 Å². The molecule has 3 heterocycles. The number of hydrogen-bond acceptors (Lipinski definition) is 6. The Labute approximate surface area is 164 Å². The van der Waals surface area contributed by atoms with Gasteiger partial charge in [-0.05, 0) is 50.8 Å². The van der Waals surface area contributed by atoms with Gasteiger partial charge in [0, 0.05) is 31.7 Å². The zero-order valence-corrected chi connectivity index (χ0v) is 16.3. The lowest BCUT2D eigenvalue weighted by Crippen LogP contribution is -2.39. The topological polar surface area (TPSA) is 76.2 Å². The number of fused-ring (bicyclic) bond motifs is 1. The van der Waals surface area contributed by atoms with Crippen molar-refractivity contribution in [2.24, 2.45) is 0 Å². The van der Waals surface area contributed by atoms with Crippen molar-refractivity contribution in [2.45, 2.75) is 44.3 Å². The minimum absolute atomic E-state index is 0.00812. The highest BCUT2D eigenvalue weighted by atomic mass is 16.5. The number of anilines is 1. The third-order valence-electron chi connectivity index (χ3n) is 5.78. The number of H-pyrrole nitrogens is 1. The predicted octanol–water partition coefficient (Wildman–Crippen LogP) is 3.57. The molecule has 28 heavy (non-hydrogen) atoms. The number of benzene rings is 1. The number of nitrogens with one attached hydrogen (secondary N) is 1. The molecule has 1 atom stereocenters. The molecular formula is C21H25N5O2. The van der Waals surface area contributed by atoms with E-state index in [1.807, 2.05) is 18.2 Å². The Morgan fingerprint density at radius 2 is 2.11 bits per heavy atom. The normalized spacial score (nSPS) is 21.1. The van der Waals surface area contributed by atoms with Crippen molar-refractivity contribution in [2.75, 3.05) is 25.1 Å². The zero-order valence-electron chi connectivity index (χ0n) is 16.3. The summed E-state index contributed by atoms with van der Waals surface area (Å²) in [6, 6.07) is 8.09. The van der Waals surface area contributed by atoms with E-state index in [0.717, 1.165) is 72.6 Å². The van der Waals surface area contributed by atoms with Crippen LogP contribution in [0.3, 0.4) is 0 Å². The largest absolute Gasteiger partial charge is 0.488 e. The van der Waals surface area contributed by atoms with Crippen LogP contribution in [0.4, 0.5) is 5.82 Å². The van der Waals surface area contributed by atoms with Crippen molar-refractivity contribution in [1.29, 1.82) is 0 Å². The molecule has 1 unspecified atom stereocenters. The average molecular weight is 379 g/mol. The number of rotatable bonds is 5. The standard InChI is InChI=1S/C21H25N5O2/c1-21(7-8-21)28-14-5-6-17-16(10-14)20(25-24-17)18-11-19(23-13-22-18)26-9-3-4-15(12-26)27-2/h5-6,10-11,13,15H,3-4,7-9,12H2,1-2H3,(H,24,25). The molecule has 0 spiro atoms. The lowest BCUT2D eigenvalue weighted by Gasteiger charge is -2.32. The molecule has 0 amide bonds. The van der Waals surface area contributed by atoms with Gasteiger partial charge in [-0.25, -0.2) is 9.97 Å². The van der Waals surface area contributed by atoms with Crippen LogP contribution < -0.4 is 9.64 Å².